The first-order valence-corrected chi connectivity index (χ1v) is 4.89. The van der Waals surface area contributed by atoms with E-state index in [1.54, 1.807) is 7.11 Å². The van der Waals surface area contributed by atoms with Crippen LogP contribution in [0.25, 0.3) is 0 Å². The van der Waals surface area contributed by atoms with Crippen LogP contribution in [0.2, 0.25) is 0 Å². The van der Waals surface area contributed by atoms with Crippen molar-refractivity contribution in [1.29, 1.82) is 0 Å². The van der Waals surface area contributed by atoms with E-state index in [1.807, 2.05) is 26.8 Å². The average molecular weight is 198 g/mol. The van der Waals surface area contributed by atoms with Crippen LogP contribution in [0.15, 0.2) is 11.6 Å². The molecule has 1 rings (SSSR count). The molecule has 0 N–H and O–H groups in total. The van der Waals surface area contributed by atoms with Gasteiger partial charge in [0.1, 0.15) is 5.60 Å². The summed E-state index contributed by atoms with van der Waals surface area (Å²) in [4.78, 5) is 11.6. The van der Waals surface area contributed by atoms with Gasteiger partial charge in [-0.25, -0.2) is 4.79 Å². The predicted octanol–water partition coefficient (Wildman–Crippen LogP) is 2.06. The van der Waals surface area contributed by atoms with E-state index in [0.29, 0.717) is 0 Å². The molecule has 0 fully saturated rings. The third kappa shape index (κ3) is 3.14. The van der Waals surface area contributed by atoms with E-state index < -0.39 is 5.60 Å². The Kier molecular flexibility index (Phi) is 3.32. The van der Waals surface area contributed by atoms with Gasteiger partial charge in [0.25, 0.3) is 0 Å². The summed E-state index contributed by atoms with van der Waals surface area (Å²) in [6.45, 7) is 5.61. The highest BCUT2D eigenvalue weighted by Crippen LogP contribution is 2.23. The first kappa shape index (κ1) is 11.2. The van der Waals surface area contributed by atoms with E-state index in [4.69, 9.17) is 9.47 Å². The van der Waals surface area contributed by atoms with Gasteiger partial charge >= 0.3 is 5.97 Å². The largest absolute Gasteiger partial charge is 0.457 e. The van der Waals surface area contributed by atoms with Crippen LogP contribution in [0.3, 0.4) is 0 Å². The molecule has 0 aromatic carbocycles. The lowest BCUT2D eigenvalue weighted by Crippen LogP contribution is -2.24. The van der Waals surface area contributed by atoms with Gasteiger partial charge in [0.2, 0.25) is 0 Å². The molecular weight excluding hydrogens is 180 g/mol. The average Bonchev–Trinajstić information content (AvgIpc) is 2.48. The lowest BCUT2D eigenvalue weighted by molar-refractivity contribution is -0.149. The van der Waals surface area contributed by atoms with Crippen LogP contribution < -0.4 is 0 Å². The first-order chi connectivity index (χ1) is 6.42. The maximum absolute atomic E-state index is 11.6. The number of methoxy groups -OCH3 is 1. The van der Waals surface area contributed by atoms with Gasteiger partial charge in [-0.2, -0.15) is 0 Å². The van der Waals surface area contributed by atoms with Crippen LogP contribution in [0, 0.1) is 0 Å². The minimum Gasteiger partial charge on any atom is -0.457 e. The van der Waals surface area contributed by atoms with E-state index >= 15 is 0 Å². The molecular formula is C11H18O3. The fraction of sp³-hybridized carbons (Fsp3) is 0.727. The lowest BCUT2D eigenvalue weighted by atomic mass is 10.2. The van der Waals surface area contributed by atoms with Crippen LogP contribution in [0.4, 0.5) is 0 Å². The molecule has 0 radical (unpaired) electrons. The molecule has 80 valence electrons. The highest BCUT2D eigenvalue weighted by Gasteiger charge is 2.24. The first-order valence-electron chi connectivity index (χ1n) is 4.89. The molecule has 1 aliphatic rings. The molecule has 0 saturated carbocycles. The summed E-state index contributed by atoms with van der Waals surface area (Å²) in [5.41, 5.74) is 0.329. The Morgan fingerprint density at radius 1 is 1.50 bits per heavy atom. The van der Waals surface area contributed by atoms with Crippen LogP contribution in [-0.2, 0) is 14.3 Å². The smallest absolute Gasteiger partial charge is 0.334 e. The minimum absolute atomic E-state index is 0.0810. The van der Waals surface area contributed by atoms with E-state index in [-0.39, 0.29) is 12.1 Å². The van der Waals surface area contributed by atoms with Crippen LogP contribution in [0.5, 0.6) is 0 Å². The number of ether oxygens (including phenoxy) is 2. The third-order valence-electron chi connectivity index (χ3n) is 2.05. The van der Waals surface area contributed by atoms with Crippen molar-refractivity contribution in [2.75, 3.05) is 7.11 Å². The summed E-state index contributed by atoms with van der Waals surface area (Å²) in [5, 5.41) is 0. The van der Waals surface area contributed by atoms with E-state index in [1.165, 1.54) is 0 Å². The minimum atomic E-state index is -0.414. The van der Waals surface area contributed by atoms with Crippen molar-refractivity contribution < 1.29 is 14.3 Å². The zero-order chi connectivity index (χ0) is 10.8. The zero-order valence-electron chi connectivity index (χ0n) is 9.29. The van der Waals surface area contributed by atoms with Crippen LogP contribution in [-0.4, -0.2) is 24.8 Å². The Labute approximate surface area is 85.1 Å². The number of esters is 1. The Morgan fingerprint density at radius 3 is 2.57 bits per heavy atom. The van der Waals surface area contributed by atoms with Gasteiger partial charge in [0.15, 0.2) is 0 Å². The maximum atomic E-state index is 11.6. The van der Waals surface area contributed by atoms with Crippen molar-refractivity contribution in [3.05, 3.63) is 11.6 Å². The van der Waals surface area contributed by atoms with E-state index in [9.17, 15) is 4.79 Å². The van der Waals surface area contributed by atoms with Gasteiger partial charge in [0.05, 0.1) is 6.10 Å². The van der Waals surface area contributed by atoms with Gasteiger partial charge in [-0.3, -0.25) is 0 Å². The summed E-state index contributed by atoms with van der Waals surface area (Å²) in [6.07, 6.45) is 3.57. The number of hydrogen-bond acceptors (Lipinski definition) is 3. The second-order valence-corrected chi connectivity index (χ2v) is 4.51. The molecule has 0 aromatic heterocycles. The number of carbonyl (C=O) groups excluding carboxylic acids is 1. The van der Waals surface area contributed by atoms with Crippen molar-refractivity contribution in [2.45, 2.75) is 45.3 Å². The Balaban J connectivity index is 2.55. The van der Waals surface area contributed by atoms with Gasteiger partial charge < -0.3 is 9.47 Å². The molecule has 1 atom stereocenters. The molecule has 0 saturated heterocycles. The van der Waals surface area contributed by atoms with E-state index in [2.05, 4.69) is 0 Å². The molecule has 0 aliphatic heterocycles. The standard InChI is InChI=1S/C11H18O3/c1-11(2,3)14-10(12)8-5-6-9(7-8)13-4/h7,9H,5-6H2,1-4H3. The molecule has 1 aliphatic carbocycles. The van der Waals surface area contributed by atoms with Gasteiger partial charge in [-0.15, -0.1) is 0 Å². The number of rotatable bonds is 2. The van der Waals surface area contributed by atoms with E-state index in [0.717, 1.165) is 18.4 Å². The van der Waals surface area contributed by atoms with Gasteiger partial charge in [-0.1, -0.05) is 0 Å². The predicted molar refractivity (Wildman–Crippen MR) is 54.0 cm³/mol. The summed E-state index contributed by atoms with van der Waals surface area (Å²) in [7, 11) is 1.65. The number of hydrogen-bond donors (Lipinski definition) is 0. The Bertz CT molecular complexity index is 248. The summed E-state index contributed by atoms with van der Waals surface area (Å²) in [5.74, 6) is -0.211. The maximum Gasteiger partial charge on any atom is 0.334 e. The molecule has 0 aromatic rings. The Hall–Kier alpha value is -0.830. The molecule has 1 unspecified atom stereocenters. The highest BCUT2D eigenvalue weighted by molar-refractivity contribution is 5.89. The fourth-order valence-corrected chi connectivity index (χ4v) is 1.39. The summed E-state index contributed by atoms with van der Waals surface area (Å²) < 4.78 is 10.4. The van der Waals surface area contributed by atoms with Crippen molar-refractivity contribution in [3.63, 3.8) is 0 Å². The monoisotopic (exact) mass is 198 g/mol. The molecule has 0 heterocycles. The number of carbonyl (C=O) groups is 1. The molecule has 3 heteroatoms. The molecule has 0 spiro atoms. The SMILES string of the molecule is COC1C=C(C(=O)OC(C)(C)C)CC1. The summed E-state index contributed by atoms with van der Waals surface area (Å²) in [6, 6.07) is 0. The van der Waals surface area contributed by atoms with Crippen molar-refractivity contribution >= 4 is 5.97 Å². The molecule has 0 bridgehead atoms. The van der Waals surface area contributed by atoms with Gasteiger partial charge in [-0.05, 0) is 39.7 Å². The molecule has 14 heavy (non-hydrogen) atoms. The fourth-order valence-electron chi connectivity index (χ4n) is 1.39. The normalized spacial score (nSPS) is 22.0. The zero-order valence-corrected chi connectivity index (χ0v) is 9.29. The third-order valence-corrected chi connectivity index (χ3v) is 2.05. The van der Waals surface area contributed by atoms with Gasteiger partial charge in [0, 0.05) is 12.7 Å². The second kappa shape index (κ2) is 4.13. The highest BCUT2D eigenvalue weighted by atomic mass is 16.6. The quantitative estimate of drug-likeness (QED) is 0.637. The van der Waals surface area contributed by atoms with Crippen molar-refractivity contribution in [1.82, 2.24) is 0 Å². The topological polar surface area (TPSA) is 35.5 Å². The van der Waals surface area contributed by atoms with Crippen molar-refractivity contribution in [3.8, 4) is 0 Å². The lowest BCUT2D eigenvalue weighted by Gasteiger charge is -2.19. The van der Waals surface area contributed by atoms with Crippen LogP contribution >= 0.6 is 0 Å². The molecule has 3 nitrogen and oxygen atoms in total. The second-order valence-electron chi connectivity index (χ2n) is 4.51. The summed E-state index contributed by atoms with van der Waals surface area (Å²) >= 11 is 0. The molecule has 0 amide bonds. The van der Waals surface area contributed by atoms with Crippen LogP contribution in [0.1, 0.15) is 33.6 Å². The van der Waals surface area contributed by atoms with Crippen molar-refractivity contribution in [2.24, 2.45) is 0 Å². The Morgan fingerprint density at radius 2 is 2.14 bits per heavy atom.